The first-order valence-corrected chi connectivity index (χ1v) is 7.81. The number of aromatic nitrogens is 2. The lowest BCUT2D eigenvalue weighted by molar-refractivity contribution is 0.0990. The average Bonchev–Trinajstić information content (AvgIpc) is 2.89. The van der Waals surface area contributed by atoms with Crippen molar-refractivity contribution in [3.05, 3.63) is 53.7 Å². The van der Waals surface area contributed by atoms with E-state index in [1.165, 1.54) is 6.07 Å². The molecule has 1 amide bonds. The van der Waals surface area contributed by atoms with Crippen molar-refractivity contribution in [2.45, 2.75) is 13.5 Å². The van der Waals surface area contributed by atoms with Gasteiger partial charge in [0.1, 0.15) is 11.5 Å². The minimum atomic E-state index is -0.609. The van der Waals surface area contributed by atoms with E-state index >= 15 is 0 Å². The van der Waals surface area contributed by atoms with Gasteiger partial charge in [0.15, 0.2) is 0 Å². The second-order valence-corrected chi connectivity index (χ2v) is 5.73. The minimum absolute atomic E-state index is 0.264. The number of hydrogen-bond acceptors (Lipinski definition) is 4. The number of fused-ring (bicyclic) bond motifs is 1. The van der Waals surface area contributed by atoms with Crippen molar-refractivity contribution in [1.82, 2.24) is 9.55 Å². The highest BCUT2D eigenvalue weighted by Gasteiger charge is 2.22. The second-order valence-electron chi connectivity index (χ2n) is 5.73. The van der Waals surface area contributed by atoms with Crippen LogP contribution in [0.2, 0.25) is 0 Å². The van der Waals surface area contributed by atoms with Crippen LogP contribution in [0.5, 0.6) is 0 Å². The fourth-order valence-electron chi connectivity index (χ4n) is 2.85. The predicted octanol–water partition coefficient (Wildman–Crippen LogP) is 2.97. The number of amides is 1. The van der Waals surface area contributed by atoms with Crippen molar-refractivity contribution in [2.75, 3.05) is 19.0 Å². The summed E-state index contributed by atoms with van der Waals surface area (Å²) >= 11 is 0. The standard InChI is InChI=1S/C18H19FN4O2/c1-11-3-4-14(13(19)9-11)22-16-12-10-21-6-5-15(12)23(7-8-25-2)17(16)18(20)24/h3-6,9-10,22H,7-8H2,1-2H3,(H2,20,24). The van der Waals surface area contributed by atoms with Gasteiger partial charge in [-0.1, -0.05) is 6.07 Å². The topological polar surface area (TPSA) is 82.2 Å². The van der Waals surface area contributed by atoms with Crippen molar-refractivity contribution < 1.29 is 13.9 Å². The number of nitrogens with one attached hydrogen (secondary N) is 1. The van der Waals surface area contributed by atoms with Crippen LogP contribution in [-0.4, -0.2) is 29.2 Å². The molecule has 0 saturated heterocycles. The number of nitrogens with two attached hydrogens (primary N) is 1. The molecule has 3 N–H and O–H groups in total. The summed E-state index contributed by atoms with van der Waals surface area (Å²) in [5, 5.41) is 3.70. The summed E-state index contributed by atoms with van der Waals surface area (Å²) in [6.07, 6.45) is 3.26. The second kappa shape index (κ2) is 6.90. The molecule has 0 bridgehead atoms. The molecule has 0 aliphatic heterocycles. The van der Waals surface area contributed by atoms with Gasteiger partial charge in [-0.05, 0) is 30.7 Å². The number of anilines is 2. The van der Waals surface area contributed by atoms with E-state index < -0.39 is 11.7 Å². The summed E-state index contributed by atoms with van der Waals surface area (Å²) in [6, 6.07) is 6.63. The SMILES string of the molecule is COCCn1c(C(N)=O)c(Nc2ccc(C)cc2F)c2cnccc21. The number of ether oxygens (including phenoxy) is 1. The Morgan fingerprint density at radius 1 is 1.40 bits per heavy atom. The molecule has 0 saturated carbocycles. The van der Waals surface area contributed by atoms with Crippen LogP contribution in [-0.2, 0) is 11.3 Å². The lowest BCUT2D eigenvalue weighted by Gasteiger charge is -2.11. The van der Waals surface area contributed by atoms with Gasteiger partial charge < -0.3 is 20.4 Å². The monoisotopic (exact) mass is 342 g/mol. The molecule has 1 aromatic carbocycles. The third-order valence-corrected chi connectivity index (χ3v) is 4.00. The van der Waals surface area contributed by atoms with E-state index in [4.69, 9.17) is 10.5 Å². The van der Waals surface area contributed by atoms with Crippen LogP contribution in [0.15, 0.2) is 36.7 Å². The summed E-state index contributed by atoms with van der Waals surface area (Å²) < 4.78 is 21.1. The zero-order valence-electron chi connectivity index (χ0n) is 14.0. The third-order valence-electron chi connectivity index (χ3n) is 4.00. The summed E-state index contributed by atoms with van der Waals surface area (Å²) in [6.45, 7) is 2.65. The lowest BCUT2D eigenvalue weighted by Crippen LogP contribution is -2.19. The Morgan fingerprint density at radius 3 is 2.88 bits per heavy atom. The van der Waals surface area contributed by atoms with Crippen LogP contribution in [0.1, 0.15) is 16.1 Å². The van der Waals surface area contributed by atoms with Crippen molar-refractivity contribution >= 4 is 28.2 Å². The van der Waals surface area contributed by atoms with Gasteiger partial charge in [-0.3, -0.25) is 9.78 Å². The maximum Gasteiger partial charge on any atom is 0.267 e. The molecule has 6 nitrogen and oxygen atoms in total. The molecule has 130 valence electrons. The Balaban J connectivity index is 2.19. The van der Waals surface area contributed by atoms with Crippen molar-refractivity contribution in [3.63, 3.8) is 0 Å². The summed E-state index contributed by atoms with van der Waals surface area (Å²) in [5.41, 5.74) is 8.16. The number of halogens is 1. The number of nitrogens with zero attached hydrogens (tertiary/aromatic N) is 2. The maximum atomic E-state index is 14.3. The number of benzene rings is 1. The molecule has 2 aromatic heterocycles. The molecule has 0 aliphatic carbocycles. The summed E-state index contributed by atoms with van der Waals surface area (Å²) in [5.74, 6) is -1.01. The van der Waals surface area contributed by atoms with E-state index in [9.17, 15) is 9.18 Å². The van der Waals surface area contributed by atoms with E-state index in [-0.39, 0.29) is 11.4 Å². The van der Waals surface area contributed by atoms with Gasteiger partial charge in [0.2, 0.25) is 0 Å². The first-order valence-electron chi connectivity index (χ1n) is 7.81. The molecule has 0 radical (unpaired) electrons. The van der Waals surface area contributed by atoms with Gasteiger partial charge in [0, 0.05) is 31.4 Å². The number of rotatable bonds is 6. The molecule has 0 aliphatic rings. The smallest absolute Gasteiger partial charge is 0.267 e. The van der Waals surface area contributed by atoms with Crippen molar-refractivity contribution in [3.8, 4) is 0 Å². The van der Waals surface area contributed by atoms with Crippen LogP contribution >= 0.6 is 0 Å². The lowest BCUT2D eigenvalue weighted by atomic mass is 10.2. The zero-order valence-corrected chi connectivity index (χ0v) is 14.0. The van der Waals surface area contributed by atoms with Gasteiger partial charge >= 0.3 is 0 Å². The van der Waals surface area contributed by atoms with E-state index in [1.807, 2.05) is 6.92 Å². The number of hydrogen-bond donors (Lipinski definition) is 2. The van der Waals surface area contributed by atoms with Crippen LogP contribution in [0.25, 0.3) is 10.9 Å². The molecule has 0 fully saturated rings. The fraction of sp³-hybridized carbons (Fsp3) is 0.222. The average molecular weight is 342 g/mol. The van der Waals surface area contributed by atoms with Gasteiger partial charge in [-0.2, -0.15) is 0 Å². The van der Waals surface area contributed by atoms with Crippen LogP contribution < -0.4 is 11.1 Å². The number of aryl methyl sites for hydroxylation is 1. The third kappa shape index (κ3) is 3.18. The normalized spacial score (nSPS) is 11.0. The maximum absolute atomic E-state index is 14.3. The molecular weight excluding hydrogens is 323 g/mol. The Labute approximate surface area is 144 Å². The number of methoxy groups -OCH3 is 1. The van der Waals surface area contributed by atoms with Crippen molar-refractivity contribution in [1.29, 1.82) is 0 Å². The molecule has 3 aromatic rings. The van der Waals surface area contributed by atoms with Crippen LogP contribution in [0.4, 0.5) is 15.8 Å². The van der Waals surface area contributed by atoms with Gasteiger partial charge in [-0.25, -0.2) is 4.39 Å². The molecule has 25 heavy (non-hydrogen) atoms. The number of pyridine rings is 1. The first-order chi connectivity index (χ1) is 12.0. The van der Waals surface area contributed by atoms with Crippen LogP contribution in [0, 0.1) is 12.7 Å². The molecule has 0 atom stereocenters. The molecule has 7 heteroatoms. The quantitative estimate of drug-likeness (QED) is 0.721. The minimum Gasteiger partial charge on any atom is -0.383 e. The molecule has 3 rings (SSSR count). The van der Waals surface area contributed by atoms with Gasteiger partial charge in [0.25, 0.3) is 5.91 Å². The van der Waals surface area contributed by atoms with E-state index in [0.29, 0.717) is 24.2 Å². The molecule has 0 unspecified atom stereocenters. The predicted molar refractivity (Wildman–Crippen MR) is 94.5 cm³/mol. The van der Waals surface area contributed by atoms with Gasteiger partial charge in [-0.15, -0.1) is 0 Å². The Kier molecular flexibility index (Phi) is 4.67. The van der Waals surface area contributed by atoms with E-state index in [1.54, 1.807) is 42.3 Å². The highest BCUT2D eigenvalue weighted by atomic mass is 19.1. The summed E-state index contributed by atoms with van der Waals surface area (Å²) in [7, 11) is 1.58. The van der Waals surface area contributed by atoms with E-state index in [0.717, 1.165) is 11.1 Å². The first kappa shape index (κ1) is 16.9. The number of carbonyl (C=O) groups excluding carboxylic acids is 1. The highest BCUT2D eigenvalue weighted by Crippen LogP contribution is 2.33. The van der Waals surface area contributed by atoms with Crippen molar-refractivity contribution in [2.24, 2.45) is 5.73 Å². The number of carbonyl (C=O) groups is 1. The highest BCUT2D eigenvalue weighted by molar-refractivity contribution is 6.09. The molecule has 2 heterocycles. The Morgan fingerprint density at radius 2 is 2.20 bits per heavy atom. The fourth-order valence-corrected chi connectivity index (χ4v) is 2.85. The number of primary amides is 1. The van der Waals surface area contributed by atoms with Crippen LogP contribution in [0.3, 0.4) is 0 Å². The van der Waals surface area contributed by atoms with E-state index in [2.05, 4.69) is 10.3 Å². The molecular formula is C18H19FN4O2. The largest absolute Gasteiger partial charge is 0.383 e. The van der Waals surface area contributed by atoms with Gasteiger partial charge in [0.05, 0.1) is 23.5 Å². The molecule has 0 spiro atoms. The summed E-state index contributed by atoms with van der Waals surface area (Å²) in [4.78, 5) is 16.2. The zero-order chi connectivity index (χ0) is 18.0. The Hall–Kier alpha value is -2.93. The Bertz CT molecular complexity index is 936.